The lowest BCUT2D eigenvalue weighted by Gasteiger charge is -2.05. The molecule has 0 saturated heterocycles. The Balaban J connectivity index is 2.16. The third-order valence-electron chi connectivity index (χ3n) is 3.05. The lowest BCUT2D eigenvalue weighted by Crippen LogP contribution is -2.14. The van der Waals surface area contributed by atoms with E-state index in [9.17, 15) is 24.1 Å². The van der Waals surface area contributed by atoms with Gasteiger partial charge < -0.3 is 11.1 Å². The SMILES string of the molecule is NC(=O)c1cc(NC(=O)/C=C/c2ccccc2[N+](=O)[O-])ccc1F. The van der Waals surface area contributed by atoms with Crippen LogP contribution >= 0.6 is 0 Å². The number of nitro groups is 1. The summed E-state index contributed by atoms with van der Waals surface area (Å²) < 4.78 is 13.4. The number of halogens is 1. The van der Waals surface area contributed by atoms with Crippen molar-refractivity contribution >= 4 is 29.3 Å². The van der Waals surface area contributed by atoms with Crippen LogP contribution in [0.2, 0.25) is 0 Å². The van der Waals surface area contributed by atoms with Crippen LogP contribution in [-0.4, -0.2) is 16.7 Å². The van der Waals surface area contributed by atoms with Gasteiger partial charge in [-0.15, -0.1) is 0 Å². The van der Waals surface area contributed by atoms with Crippen LogP contribution in [0, 0.1) is 15.9 Å². The maximum Gasteiger partial charge on any atom is 0.276 e. The van der Waals surface area contributed by atoms with Crippen molar-refractivity contribution in [2.24, 2.45) is 5.73 Å². The van der Waals surface area contributed by atoms with E-state index in [0.29, 0.717) is 0 Å². The van der Waals surface area contributed by atoms with Gasteiger partial charge in [0, 0.05) is 17.8 Å². The highest BCUT2D eigenvalue weighted by Crippen LogP contribution is 2.19. The maximum absolute atomic E-state index is 13.4. The molecule has 122 valence electrons. The summed E-state index contributed by atoms with van der Waals surface area (Å²) >= 11 is 0. The Morgan fingerprint density at radius 3 is 2.58 bits per heavy atom. The number of nitrogens with zero attached hydrogens (tertiary/aromatic N) is 1. The average Bonchev–Trinajstić information content (AvgIpc) is 2.54. The van der Waals surface area contributed by atoms with E-state index < -0.39 is 22.6 Å². The van der Waals surface area contributed by atoms with Gasteiger partial charge in [-0.25, -0.2) is 4.39 Å². The Morgan fingerprint density at radius 2 is 1.92 bits per heavy atom. The number of benzene rings is 2. The molecule has 0 spiro atoms. The summed E-state index contributed by atoms with van der Waals surface area (Å²) in [4.78, 5) is 33.2. The lowest BCUT2D eigenvalue weighted by molar-refractivity contribution is -0.385. The van der Waals surface area contributed by atoms with Crippen molar-refractivity contribution < 1.29 is 18.9 Å². The van der Waals surface area contributed by atoms with E-state index in [4.69, 9.17) is 5.73 Å². The number of carbonyl (C=O) groups is 2. The van der Waals surface area contributed by atoms with Crippen LogP contribution < -0.4 is 11.1 Å². The molecule has 0 atom stereocenters. The second kappa shape index (κ2) is 7.14. The number of rotatable bonds is 5. The smallest absolute Gasteiger partial charge is 0.276 e. The molecule has 2 amide bonds. The fourth-order valence-electron chi connectivity index (χ4n) is 1.94. The summed E-state index contributed by atoms with van der Waals surface area (Å²) in [5.41, 5.74) is 4.96. The van der Waals surface area contributed by atoms with E-state index in [1.807, 2.05) is 0 Å². The van der Waals surface area contributed by atoms with E-state index >= 15 is 0 Å². The molecule has 0 radical (unpaired) electrons. The monoisotopic (exact) mass is 329 g/mol. The van der Waals surface area contributed by atoms with Gasteiger partial charge in [0.1, 0.15) is 5.82 Å². The number of carbonyl (C=O) groups excluding carboxylic acids is 2. The van der Waals surface area contributed by atoms with E-state index in [0.717, 1.165) is 18.2 Å². The molecule has 0 saturated carbocycles. The number of nitrogens with two attached hydrogens (primary N) is 1. The van der Waals surface area contributed by atoms with Crippen LogP contribution in [0.5, 0.6) is 0 Å². The molecule has 0 aliphatic rings. The van der Waals surface area contributed by atoms with Crippen molar-refractivity contribution in [1.82, 2.24) is 0 Å². The van der Waals surface area contributed by atoms with Crippen molar-refractivity contribution in [3.8, 4) is 0 Å². The normalized spacial score (nSPS) is 10.5. The zero-order valence-electron chi connectivity index (χ0n) is 12.2. The predicted octanol–water partition coefficient (Wildman–Crippen LogP) is 2.48. The van der Waals surface area contributed by atoms with Crippen LogP contribution in [-0.2, 0) is 4.79 Å². The molecule has 0 aliphatic carbocycles. The minimum Gasteiger partial charge on any atom is -0.366 e. The zero-order valence-corrected chi connectivity index (χ0v) is 12.2. The third-order valence-corrected chi connectivity index (χ3v) is 3.05. The summed E-state index contributed by atoms with van der Waals surface area (Å²) in [5.74, 6) is -2.36. The highest BCUT2D eigenvalue weighted by molar-refractivity contribution is 6.03. The van der Waals surface area contributed by atoms with Gasteiger partial charge in [-0.1, -0.05) is 12.1 Å². The molecular weight excluding hydrogens is 317 g/mol. The van der Waals surface area contributed by atoms with Crippen molar-refractivity contribution in [1.29, 1.82) is 0 Å². The van der Waals surface area contributed by atoms with Gasteiger partial charge in [-0.2, -0.15) is 0 Å². The maximum atomic E-state index is 13.4. The highest BCUT2D eigenvalue weighted by Gasteiger charge is 2.11. The Hall–Kier alpha value is -3.55. The summed E-state index contributed by atoms with van der Waals surface area (Å²) in [6.07, 6.45) is 2.38. The fourth-order valence-corrected chi connectivity index (χ4v) is 1.94. The molecule has 3 N–H and O–H groups in total. The summed E-state index contributed by atoms with van der Waals surface area (Å²) in [6.45, 7) is 0. The first kappa shape index (κ1) is 16.8. The minimum atomic E-state index is -0.959. The molecule has 2 aromatic carbocycles. The standard InChI is InChI=1S/C16H12FN3O4/c17-13-7-6-11(9-12(13)16(18)22)19-15(21)8-5-10-3-1-2-4-14(10)20(23)24/h1-9H,(H2,18,22)(H,19,21)/b8-5+. The van der Waals surface area contributed by atoms with E-state index in [1.165, 1.54) is 30.3 Å². The molecule has 0 bridgehead atoms. The number of hydrogen-bond acceptors (Lipinski definition) is 4. The van der Waals surface area contributed by atoms with E-state index in [1.54, 1.807) is 6.07 Å². The van der Waals surface area contributed by atoms with Crippen molar-refractivity contribution in [3.05, 3.63) is 75.6 Å². The van der Waals surface area contributed by atoms with Crippen LogP contribution in [0.15, 0.2) is 48.5 Å². The molecule has 2 rings (SSSR count). The molecule has 0 heterocycles. The molecule has 7 nitrogen and oxygen atoms in total. The largest absolute Gasteiger partial charge is 0.366 e. The van der Waals surface area contributed by atoms with Gasteiger partial charge in [0.2, 0.25) is 5.91 Å². The first-order chi connectivity index (χ1) is 11.4. The molecule has 24 heavy (non-hydrogen) atoms. The molecule has 0 unspecified atom stereocenters. The number of para-hydroxylation sites is 1. The average molecular weight is 329 g/mol. The van der Waals surface area contributed by atoms with Crippen molar-refractivity contribution in [2.45, 2.75) is 0 Å². The first-order valence-electron chi connectivity index (χ1n) is 6.70. The van der Waals surface area contributed by atoms with Crippen LogP contribution in [0.4, 0.5) is 15.8 Å². The number of primary amides is 1. The second-order valence-electron chi connectivity index (χ2n) is 4.70. The van der Waals surface area contributed by atoms with Gasteiger partial charge in [0.15, 0.2) is 0 Å². The lowest BCUT2D eigenvalue weighted by atomic mass is 10.1. The number of nitro benzene ring substituents is 1. The van der Waals surface area contributed by atoms with Gasteiger partial charge >= 0.3 is 0 Å². The third kappa shape index (κ3) is 4.01. The Labute approximate surface area is 135 Å². The summed E-state index contributed by atoms with van der Waals surface area (Å²) in [7, 11) is 0. The molecule has 0 aromatic heterocycles. The Kier molecular flexibility index (Phi) is 5.00. The van der Waals surface area contributed by atoms with Crippen LogP contribution in [0.3, 0.4) is 0 Å². The highest BCUT2D eigenvalue weighted by atomic mass is 19.1. The number of amides is 2. The first-order valence-corrected chi connectivity index (χ1v) is 6.70. The minimum absolute atomic E-state index is 0.139. The fraction of sp³-hybridized carbons (Fsp3) is 0. The van der Waals surface area contributed by atoms with E-state index in [-0.39, 0.29) is 22.5 Å². The quantitative estimate of drug-likeness (QED) is 0.498. The zero-order chi connectivity index (χ0) is 17.7. The van der Waals surface area contributed by atoms with Gasteiger partial charge in [-0.3, -0.25) is 19.7 Å². The topological polar surface area (TPSA) is 115 Å². The van der Waals surface area contributed by atoms with Crippen molar-refractivity contribution in [3.63, 3.8) is 0 Å². The van der Waals surface area contributed by atoms with Gasteiger partial charge in [0.05, 0.1) is 16.1 Å². The number of anilines is 1. The second-order valence-corrected chi connectivity index (χ2v) is 4.70. The van der Waals surface area contributed by atoms with Gasteiger partial charge in [-0.05, 0) is 30.3 Å². The molecule has 0 aliphatic heterocycles. The Morgan fingerprint density at radius 1 is 1.21 bits per heavy atom. The van der Waals surface area contributed by atoms with Crippen LogP contribution in [0.1, 0.15) is 15.9 Å². The van der Waals surface area contributed by atoms with E-state index in [2.05, 4.69) is 5.32 Å². The van der Waals surface area contributed by atoms with Crippen LogP contribution in [0.25, 0.3) is 6.08 Å². The summed E-state index contributed by atoms with van der Waals surface area (Å²) in [6, 6.07) is 9.29. The van der Waals surface area contributed by atoms with Gasteiger partial charge in [0.25, 0.3) is 11.6 Å². The van der Waals surface area contributed by atoms with Crippen molar-refractivity contribution in [2.75, 3.05) is 5.32 Å². The molecule has 2 aromatic rings. The Bertz CT molecular complexity index is 849. The molecule has 8 heteroatoms. The molecular formula is C16H12FN3O4. The predicted molar refractivity (Wildman–Crippen MR) is 85.7 cm³/mol. The number of nitrogens with one attached hydrogen (secondary N) is 1. The summed E-state index contributed by atoms with van der Waals surface area (Å²) in [5, 5.41) is 13.3. The number of hydrogen-bond donors (Lipinski definition) is 2. The molecule has 0 fully saturated rings.